The topological polar surface area (TPSA) is 78.7 Å². The summed E-state index contributed by atoms with van der Waals surface area (Å²) in [6, 6.07) is 2.68. The Labute approximate surface area is 124 Å². The average molecular weight is 379 g/mol. The predicted molar refractivity (Wildman–Crippen MR) is 77.6 cm³/mol. The summed E-state index contributed by atoms with van der Waals surface area (Å²) in [5.41, 5.74) is -0.376. The van der Waals surface area contributed by atoms with E-state index >= 15 is 0 Å². The summed E-state index contributed by atoms with van der Waals surface area (Å²) < 4.78 is 10.6. The molecule has 0 aliphatic carbocycles. The van der Waals surface area contributed by atoms with Crippen LogP contribution in [-0.2, 0) is 4.74 Å². The van der Waals surface area contributed by atoms with Crippen LogP contribution in [0.4, 0.5) is 5.69 Å². The first kappa shape index (κ1) is 15.7. The zero-order valence-corrected chi connectivity index (χ0v) is 12.8. The normalized spacial score (nSPS) is 10.1. The Kier molecular flexibility index (Phi) is 6.00. The monoisotopic (exact) mass is 379 g/mol. The summed E-state index contributed by atoms with van der Waals surface area (Å²) in [5, 5.41) is 10.9. The van der Waals surface area contributed by atoms with E-state index in [1.807, 2.05) is 29.5 Å². The smallest absolute Gasteiger partial charge is 0.345 e. The van der Waals surface area contributed by atoms with E-state index in [1.54, 1.807) is 0 Å². The Bertz CT molecular complexity index is 489. The van der Waals surface area contributed by atoms with Gasteiger partial charge in [-0.25, -0.2) is 4.79 Å². The molecule has 0 N–H and O–H groups in total. The molecule has 0 radical (unpaired) electrons. The standard InChI is InChI=1S/C12H14INO5/c1-3-4-5-19-11-6-8(12(15)18-2)10(14(16)17)7-9(11)13/h6-7H,3-5H2,1-2H3. The molecule has 0 fully saturated rings. The fourth-order valence-corrected chi connectivity index (χ4v) is 2.01. The molecule has 0 heterocycles. The van der Waals surface area contributed by atoms with Crippen molar-refractivity contribution in [1.29, 1.82) is 0 Å². The Morgan fingerprint density at radius 3 is 2.68 bits per heavy atom. The van der Waals surface area contributed by atoms with Crippen molar-refractivity contribution in [3.8, 4) is 5.75 Å². The lowest BCUT2D eigenvalue weighted by Gasteiger charge is -2.09. The molecule has 1 aromatic carbocycles. The lowest BCUT2D eigenvalue weighted by molar-refractivity contribution is -0.385. The molecule has 104 valence electrons. The molecule has 1 aromatic rings. The predicted octanol–water partition coefficient (Wildman–Crippen LogP) is 3.16. The van der Waals surface area contributed by atoms with Crippen LogP contribution in [0.15, 0.2) is 12.1 Å². The number of nitrogens with zero attached hydrogens (tertiary/aromatic N) is 1. The minimum Gasteiger partial charge on any atom is -0.492 e. The van der Waals surface area contributed by atoms with Gasteiger partial charge in [-0.15, -0.1) is 0 Å². The third kappa shape index (κ3) is 4.05. The molecule has 7 heteroatoms. The van der Waals surface area contributed by atoms with E-state index in [2.05, 4.69) is 4.74 Å². The van der Waals surface area contributed by atoms with E-state index in [1.165, 1.54) is 19.2 Å². The van der Waals surface area contributed by atoms with Crippen LogP contribution in [0.5, 0.6) is 5.75 Å². The highest BCUT2D eigenvalue weighted by Crippen LogP contribution is 2.30. The molecule has 0 aliphatic rings. The summed E-state index contributed by atoms with van der Waals surface area (Å²) in [7, 11) is 1.18. The minimum absolute atomic E-state index is 0.0978. The van der Waals surface area contributed by atoms with Crippen LogP contribution in [0.3, 0.4) is 0 Å². The summed E-state index contributed by atoms with van der Waals surface area (Å²) >= 11 is 1.94. The maximum Gasteiger partial charge on any atom is 0.345 e. The zero-order valence-electron chi connectivity index (χ0n) is 10.6. The van der Waals surface area contributed by atoms with Gasteiger partial charge in [-0.2, -0.15) is 0 Å². The number of hydrogen-bond donors (Lipinski definition) is 0. The van der Waals surface area contributed by atoms with Crippen molar-refractivity contribution in [3.63, 3.8) is 0 Å². The Balaban J connectivity index is 3.14. The van der Waals surface area contributed by atoms with Gasteiger partial charge < -0.3 is 9.47 Å². The van der Waals surface area contributed by atoms with Crippen LogP contribution in [-0.4, -0.2) is 24.6 Å². The van der Waals surface area contributed by atoms with Crippen molar-refractivity contribution in [2.45, 2.75) is 19.8 Å². The first-order valence-electron chi connectivity index (χ1n) is 5.70. The summed E-state index contributed by atoms with van der Waals surface area (Å²) in [4.78, 5) is 21.9. The molecule has 0 saturated carbocycles. The Morgan fingerprint density at radius 1 is 1.47 bits per heavy atom. The second-order valence-electron chi connectivity index (χ2n) is 3.75. The van der Waals surface area contributed by atoms with Gasteiger partial charge in [0, 0.05) is 12.1 Å². The van der Waals surface area contributed by atoms with Crippen LogP contribution < -0.4 is 4.74 Å². The second-order valence-corrected chi connectivity index (χ2v) is 4.91. The maximum absolute atomic E-state index is 11.5. The summed E-state index contributed by atoms with van der Waals surface area (Å²) in [6.45, 7) is 2.54. The summed E-state index contributed by atoms with van der Waals surface area (Å²) in [5.74, 6) is -0.288. The molecular weight excluding hydrogens is 365 g/mol. The van der Waals surface area contributed by atoms with Crippen molar-refractivity contribution >= 4 is 34.2 Å². The largest absolute Gasteiger partial charge is 0.492 e. The van der Waals surface area contributed by atoms with Crippen LogP contribution in [0.25, 0.3) is 0 Å². The third-order valence-electron chi connectivity index (χ3n) is 2.41. The van der Waals surface area contributed by atoms with Gasteiger partial charge in [-0.05, 0) is 29.0 Å². The highest BCUT2D eigenvalue weighted by atomic mass is 127. The molecular formula is C12H14INO5. The van der Waals surface area contributed by atoms with Gasteiger partial charge in [0.2, 0.25) is 0 Å². The van der Waals surface area contributed by atoms with E-state index in [4.69, 9.17) is 4.74 Å². The summed E-state index contributed by atoms with van der Waals surface area (Å²) in [6.07, 6.45) is 1.86. The fraction of sp³-hybridized carbons (Fsp3) is 0.417. The Morgan fingerprint density at radius 2 is 2.16 bits per heavy atom. The number of methoxy groups -OCH3 is 1. The zero-order chi connectivity index (χ0) is 14.4. The molecule has 0 aromatic heterocycles. The number of carbonyl (C=O) groups excluding carboxylic acids is 1. The lowest BCUT2D eigenvalue weighted by atomic mass is 10.1. The van der Waals surface area contributed by atoms with Gasteiger partial charge in [0.25, 0.3) is 5.69 Å². The number of ether oxygens (including phenoxy) is 2. The van der Waals surface area contributed by atoms with Crippen LogP contribution in [0.1, 0.15) is 30.1 Å². The van der Waals surface area contributed by atoms with E-state index in [0.717, 1.165) is 12.8 Å². The van der Waals surface area contributed by atoms with Crippen molar-refractivity contribution in [1.82, 2.24) is 0 Å². The quantitative estimate of drug-likeness (QED) is 0.249. The van der Waals surface area contributed by atoms with E-state index in [0.29, 0.717) is 15.9 Å². The van der Waals surface area contributed by atoms with E-state index < -0.39 is 10.9 Å². The molecule has 1 rings (SSSR count). The number of unbranched alkanes of at least 4 members (excludes halogenated alkanes) is 1. The molecule has 0 spiro atoms. The van der Waals surface area contributed by atoms with E-state index in [-0.39, 0.29) is 11.3 Å². The van der Waals surface area contributed by atoms with Gasteiger partial charge >= 0.3 is 5.97 Å². The average Bonchev–Trinajstić information content (AvgIpc) is 2.39. The molecule has 0 unspecified atom stereocenters. The number of halogens is 1. The lowest BCUT2D eigenvalue weighted by Crippen LogP contribution is -2.08. The number of nitro benzene ring substituents is 1. The van der Waals surface area contributed by atoms with Gasteiger partial charge in [0.1, 0.15) is 11.3 Å². The molecule has 19 heavy (non-hydrogen) atoms. The van der Waals surface area contributed by atoms with Crippen LogP contribution in [0.2, 0.25) is 0 Å². The molecule has 6 nitrogen and oxygen atoms in total. The van der Waals surface area contributed by atoms with Gasteiger partial charge in [0.15, 0.2) is 0 Å². The maximum atomic E-state index is 11.5. The second kappa shape index (κ2) is 7.27. The number of esters is 1. The van der Waals surface area contributed by atoms with Gasteiger partial charge in [-0.3, -0.25) is 10.1 Å². The van der Waals surface area contributed by atoms with Crippen molar-refractivity contribution < 1.29 is 19.2 Å². The van der Waals surface area contributed by atoms with Gasteiger partial charge in [0.05, 0.1) is 22.2 Å². The van der Waals surface area contributed by atoms with E-state index in [9.17, 15) is 14.9 Å². The highest BCUT2D eigenvalue weighted by Gasteiger charge is 2.24. The fourth-order valence-electron chi connectivity index (χ4n) is 1.40. The first-order valence-corrected chi connectivity index (χ1v) is 6.78. The van der Waals surface area contributed by atoms with Crippen molar-refractivity contribution in [2.75, 3.05) is 13.7 Å². The molecule has 0 saturated heterocycles. The minimum atomic E-state index is -0.747. The Hall–Kier alpha value is -1.38. The number of carbonyl (C=O) groups is 1. The van der Waals surface area contributed by atoms with Crippen LogP contribution >= 0.6 is 22.6 Å². The van der Waals surface area contributed by atoms with Gasteiger partial charge in [-0.1, -0.05) is 13.3 Å². The number of nitro groups is 1. The SMILES string of the molecule is CCCCOc1cc(C(=O)OC)c([N+](=O)[O-])cc1I. The number of hydrogen-bond acceptors (Lipinski definition) is 5. The number of benzene rings is 1. The van der Waals surface area contributed by atoms with Crippen molar-refractivity contribution in [2.24, 2.45) is 0 Å². The highest BCUT2D eigenvalue weighted by molar-refractivity contribution is 14.1. The van der Waals surface area contributed by atoms with Crippen LogP contribution in [0, 0.1) is 13.7 Å². The first-order chi connectivity index (χ1) is 9.01. The third-order valence-corrected chi connectivity index (χ3v) is 3.25. The molecule has 0 amide bonds. The molecule has 0 bridgehead atoms. The van der Waals surface area contributed by atoms with Crippen molar-refractivity contribution in [3.05, 3.63) is 31.4 Å². The molecule has 0 aliphatic heterocycles. The molecule has 0 atom stereocenters. The number of rotatable bonds is 6.